The highest BCUT2D eigenvalue weighted by Gasteiger charge is 2.27. The van der Waals surface area contributed by atoms with Crippen LogP contribution in [0.2, 0.25) is 0 Å². The molecule has 7 heteroatoms. The second-order valence-electron chi connectivity index (χ2n) is 7.60. The van der Waals surface area contributed by atoms with Crippen LogP contribution >= 0.6 is 0 Å². The average molecular weight is 373 g/mol. The summed E-state index contributed by atoms with van der Waals surface area (Å²) in [5, 5.41) is 7.29. The Bertz CT molecular complexity index is 775. The quantitative estimate of drug-likeness (QED) is 0.870. The lowest BCUT2D eigenvalue weighted by Gasteiger charge is -2.25. The van der Waals surface area contributed by atoms with E-state index in [1.807, 2.05) is 6.20 Å². The van der Waals surface area contributed by atoms with Crippen molar-refractivity contribution in [3.8, 4) is 5.69 Å². The minimum Gasteiger partial charge on any atom is -0.352 e. The second kappa shape index (κ2) is 8.63. The Kier molecular flexibility index (Phi) is 6.23. The van der Waals surface area contributed by atoms with E-state index in [2.05, 4.69) is 41.4 Å². The van der Waals surface area contributed by atoms with Gasteiger partial charge in [-0.05, 0) is 52.2 Å². The van der Waals surface area contributed by atoms with E-state index in [1.54, 1.807) is 23.0 Å². The standard InChI is InChI=1S/C20H28FN5O/c1-24(2)19-8-7-16(13-25(3)14-19)20(27)22-10-15-11-23-26(12-15)18-6-4-5-17(21)9-18/h4-6,9,11-12,16,19H,7-8,10,13-14H2,1-3H3,(H,22,27)/t16-,19+/m1/s1. The molecule has 1 aromatic heterocycles. The zero-order chi connectivity index (χ0) is 19.4. The minimum atomic E-state index is -0.300. The summed E-state index contributed by atoms with van der Waals surface area (Å²) in [6, 6.07) is 6.76. The van der Waals surface area contributed by atoms with Crippen LogP contribution < -0.4 is 5.32 Å². The van der Waals surface area contributed by atoms with Gasteiger partial charge in [0.15, 0.2) is 0 Å². The Balaban J connectivity index is 1.56. The highest BCUT2D eigenvalue weighted by Crippen LogP contribution is 2.19. The van der Waals surface area contributed by atoms with E-state index in [4.69, 9.17) is 0 Å². The SMILES string of the molecule is CN1C[C@H](C(=O)NCc2cnn(-c3cccc(F)c3)c2)CC[C@H](N(C)C)C1. The number of hydrogen-bond donors (Lipinski definition) is 1. The van der Waals surface area contributed by atoms with Crippen LogP contribution in [0.1, 0.15) is 18.4 Å². The number of likely N-dealkylation sites (N-methyl/N-ethyl adjacent to an activating group) is 2. The van der Waals surface area contributed by atoms with Crippen LogP contribution in [0.15, 0.2) is 36.7 Å². The summed E-state index contributed by atoms with van der Waals surface area (Å²) in [4.78, 5) is 17.1. The summed E-state index contributed by atoms with van der Waals surface area (Å²) in [6.07, 6.45) is 5.43. The number of nitrogens with one attached hydrogen (secondary N) is 1. The smallest absolute Gasteiger partial charge is 0.224 e. The lowest BCUT2D eigenvalue weighted by molar-refractivity contribution is -0.125. The normalized spacial score (nSPS) is 21.2. The largest absolute Gasteiger partial charge is 0.352 e. The molecule has 2 aromatic rings. The number of benzene rings is 1. The van der Waals surface area contributed by atoms with Crippen LogP contribution in [-0.4, -0.2) is 65.8 Å². The fourth-order valence-electron chi connectivity index (χ4n) is 3.57. The van der Waals surface area contributed by atoms with Gasteiger partial charge in [-0.3, -0.25) is 4.79 Å². The van der Waals surface area contributed by atoms with E-state index in [9.17, 15) is 9.18 Å². The Labute approximate surface area is 160 Å². The summed E-state index contributed by atoms with van der Waals surface area (Å²) in [5.41, 5.74) is 1.55. The van der Waals surface area contributed by atoms with Gasteiger partial charge in [0.2, 0.25) is 5.91 Å². The Morgan fingerprint density at radius 1 is 1.33 bits per heavy atom. The lowest BCUT2D eigenvalue weighted by atomic mass is 10.0. The summed E-state index contributed by atoms with van der Waals surface area (Å²) in [7, 11) is 6.26. The van der Waals surface area contributed by atoms with E-state index < -0.39 is 0 Å². The first kappa shape index (κ1) is 19.5. The molecule has 146 valence electrons. The number of nitrogens with zero attached hydrogens (tertiary/aromatic N) is 4. The number of rotatable bonds is 5. The van der Waals surface area contributed by atoms with E-state index in [1.165, 1.54) is 12.1 Å². The minimum absolute atomic E-state index is 0.00165. The van der Waals surface area contributed by atoms with Crippen molar-refractivity contribution in [2.75, 3.05) is 34.2 Å². The van der Waals surface area contributed by atoms with Crippen molar-refractivity contribution < 1.29 is 9.18 Å². The predicted octanol–water partition coefficient (Wildman–Crippen LogP) is 1.90. The van der Waals surface area contributed by atoms with E-state index in [0.29, 0.717) is 18.3 Å². The monoisotopic (exact) mass is 373 g/mol. The molecule has 1 amide bonds. The third-order valence-corrected chi connectivity index (χ3v) is 5.18. The van der Waals surface area contributed by atoms with E-state index in [-0.39, 0.29) is 17.6 Å². The maximum absolute atomic E-state index is 13.4. The third kappa shape index (κ3) is 5.14. The van der Waals surface area contributed by atoms with Crippen LogP contribution in [0.3, 0.4) is 0 Å². The van der Waals surface area contributed by atoms with Crippen LogP contribution in [0.5, 0.6) is 0 Å². The molecule has 1 N–H and O–H groups in total. The van der Waals surface area contributed by atoms with Crippen molar-refractivity contribution in [1.82, 2.24) is 24.9 Å². The molecule has 0 saturated carbocycles. The first-order chi connectivity index (χ1) is 12.9. The maximum atomic E-state index is 13.4. The fourth-order valence-corrected chi connectivity index (χ4v) is 3.57. The first-order valence-electron chi connectivity index (χ1n) is 9.34. The predicted molar refractivity (Wildman–Crippen MR) is 103 cm³/mol. The van der Waals surface area contributed by atoms with Crippen molar-refractivity contribution in [2.24, 2.45) is 5.92 Å². The Morgan fingerprint density at radius 2 is 2.15 bits per heavy atom. The highest BCUT2D eigenvalue weighted by molar-refractivity contribution is 5.78. The van der Waals surface area contributed by atoms with Crippen LogP contribution in [-0.2, 0) is 11.3 Å². The van der Waals surface area contributed by atoms with Crippen molar-refractivity contribution in [1.29, 1.82) is 0 Å². The molecule has 2 atom stereocenters. The molecule has 0 unspecified atom stereocenters. The topological polar surface area (TPSA) is 53.4 Å². The zero-order valence-electron chi connectivity index (χ0n) is 16.2. The molecular formula is C20H28FN5O. The Morgan fingerprint density at radius 3 is 2.89 bits per heavy atom. The molecule has 0 bridgehead atoms. The average Bonchev–Trinajstić information content (AvgIpc) is 3.01. The van der Waals surface area contributed by atoms with Gasteiger partial charge in [0.25, 0.3) is 0 Å². The van der Waals surface area contributed by atoms with Crippen LogP contribution in [0.4, 0.5) is 4.39 Å². The van der Waals surface area contributed by atoms with Crippen LogP contribution in [0.25, 0.3) is 5.69 Å². The number of carbonyl (C=O) groups excluding carboxylic acids is 1. The summed E-state index contributed by atoms with van der Waals surface area (Å²) in [5.74, 6) is -0.218. The molecule has 0 radical (unpaired) electrons. The van der Waals surface area contributed by atoms with Gasteiger partial charge in [-0.1, -0.05) is 6.07 Å². The van der Waals surface area contributed by atoms with Gasteiger partial charge in [-0.25, -0.2) is 9.07 Å². The molecule has 1 aliphatic rings. The van der Waals surface area contributed by atoms with Gasteiger partial charge < -0.3 is 15.1 Å². The van der Waals surface area contributed by atoms with Crippen molar-refractivity contribution in [3.63, 3.8) is 0 Å². The number of hydrogen-bond acceptors (Lipinski definition) is 4. The first-order valence-corrected chi connectivity index (χ1v) is 9.34. The highest BCUT2D eigenvalue weighted by atomic mass is 19.1. The van der Waals surface area contributed by atoms with Gasteiger partial charge in [-0.2, -0.15) is 5.10 Å². The molecule has 1 aromatic carbocycles. The molecule has 27 heavy (non-hydrogen) atoms. The summed E-state index contributed by atoms with van der Waals surface area (Å²) in [6.45, 7) is 2.18. The third-order valence-electron chi connectivity index (χ3n) is 5.18. The molecule has 3 rings (SSSR count). The number of amides is 1. The molecule has 0 spiro atoms. The van der Waals surface area contributed by atoms with Gasteiger partial charge in [-0.15, -0.1) is 0 Å². The van der Waals surface area contributed by atoms with E-state index in [0.717, 1.165) is 31.5 Å². The van der Waals surface area contributed by atoms with Gasteiger partial charge in [0.05, 0.1) is 17.8 Å². The second-order valence-corrected chi connectivity index (χ2v) is 7.60. The van der Waals surface area contributed by atoms with Gasteiger partial charge >= 0.3 is 0 Å². The van der Waals surface area contributed by atoms with Crippen molar-refractivity contribution in [3.05, 3.63) is 48.0 Å². The summed E-state index contributed by atoms with van der Waals surface area (Å²) < 4.78 is 15.0. The number of halogens is 1. The summed E-state index contributed by atoms with van der Waals surface area (Å²) >= 11 is 0. The molecule has 1 aliphatic heterocycles. The molecular weight excluding hydrogens is 345 g/mol. The number of aromatic nitrogens is 2. The number of likely N-dealkylation sites (tertiary alicyclic amines) is 1. The van der Waals surface area contributed by atoms with Crippen molar-refractivity contribution in [2.45, 2.75) is 25.4 Å². The van der Waals surface area contributed by atoms with Crippen molar-refractivity contribution >= 4 is 5.91 Å². The zero-order valence-corrected chi connectivity index (χ0v) is 16.2. The van der Waals surface area contributed by atoms with Crippen LogP contribution in [0, 0.1) is 11.7 Å². The lowest BCUT2D eigenvalue weighted by Crippen LogP contribution is -2.39. The van der Waals surface area contributed by atoms with E-state index >= 15 is 0 Å². The van der Waals surface area contributed by atoms with Gasteiger partial charge in [0.1, 0.15) is 5.82 Å². The van der Waals surface area contributed by atoms with Gasteiger partial charge in [0, 0.05) is 37.4 Å². The molecule has 1 saturated heterocycles. The molecule has 2 heterocycles. The molecule has 0 aliphatic carbocycles. The fraction of sp³-hybridized carbons (Fsp3) is 0.500. The maximum Gasteiger partial charge on any atom is 0.224 e. The molecule has 1 fully saturated rings. The molecule has 6 nitrogen and oxygen atoms in total. The number of carbonyl (C=O) groups is 1. The Hall–Kier alpha value is -2.25.